The van der Waals surface area contributed by atoms with E-state index in [0.29, 0.717) is 33.6 Å². The minimum atomic E-state index is -4.43. The second kappa shape index (κ2) is 7.20. The van der Waals surface area contributed by atoms with E-state index in [4.69, 9.17) is 20.9 Å². The number of ether oxygens (including phenoxy) is 1. The number of aromatic nitrogens is 6. The molecule has 0 fully saturated rings. The number of nitrogens with zero attached hydrogens (tertiary/aromatic N) is 6. The molecule has 160 valence electrons. The van der Waals surface area contributed by atoms with Crippen LogP contribution < -0.4 is 0 Å². The summed E-state index contributed by atoms with van der Waals surface area (Å²) in [5, 5.41) is 12.7. The molecule has 12 heteroatoms. The zero-order valence-electron chi connectivity index (χ0n) is 16.0. The highest BCUT2D eigenvalue weighted by atomic mass is 35.5. The van der Waals surface area contributed by atoms with Crippen LogP contribution in [0.15, 0.2) is 35.1 Å². The van der Waals surface area contributed by atoms with E-state index in [1.54, 1.807) is 36.0 Å². The fraction of sp³-hybridized carbons (Fsp3) is 0.263. The van der Waals surface area contributed by atoms with Crippen molar-refractivity contribution in [3.05, 3.63) is 52.8 Å². The zero-order valence-corrected chi connectivity index (χ0v) is 16.8. The van der Waals surface area contributed by atoms with Crippen molar-refractivity contribution in [1.82, 2.24) is 29.5 Å². The van der Waals surface area contributed by atoms with E-state index in [9.17, 15) is 13.2 Å². The molecule has 0 unspecified atom stereocenters. The summed E-state index contributed by atoms with van der Waals surface area (Å²) < 4.78 is 51.3. The Morgan fingerprint density at radius 1 is 1.23 bits per heavy atom. The third-order valence-corrected chi connectivity index (χ3v) is 5.05. The SMILES string of the molecule is Cc1cc(-c2ncn3c2Cn2c(COCC(F)(F)F)nnc2-c2cc(Cl)ccc2-3)on1. The third kappa shape index (κ3) is 3.59. The summed E-state index contributed by atoms with van der Waals surface area (Å²) in [5.74, 6) is 1.19. The molecule has 4 aromatic rings. The quantitative estimate of drug-likeness (QED) is 0.408. The fourth-order valence-corrected chi connectivity index (χ4v) is 3.70. The lowest BCUT2D eigenvalue weighted by Crippen LogP contribution is -2.18. The van der Waals surface area contributed by atoms with Gasteiger partial charge in [-0.3, -0.25) is 4.57 Å². The maximum atomic E-state index is 12.5. The van der Waals surface area contributed by atoms with Gasteiger partial charge in [0.2, 0.25) is 0 Å². The first-order valence-electron chi connectivity index (χ1n) is 9.17. The summed E-state index contributed by atoms with van der Waals surface area (Å²) in [4.78, 5) is 4.49. The van der Waals surface area contributed by atoms with Crippen LogP contribution >= 0.6 is 11.6 Å². The predicted octanol–water partition coefficient (Wildman–Crippen LogP) is 4.19. The number of fused-ring (bicyclic) bond motifs is 5. The van der Waals surface area contributed by atoms with Gasteiger partial charge in [0.05, 0.1) is 23.6 Å². The van der Waals surface area contributed by atoms with Crippen LogP contribution in [0.3, 0.4) is 0 Å². The highest BCUT2D eigenvalue weighted by Crippen LogP contribution is 2.36. The lowest BCUT2D eigenvalue weighted by Gasteiger charge is -2.10. The zero-order chi connectivity index (χ0) is 21.8. The van der Waals surface area contributed by atoms with Crippen molar-refractivity contribution in [3.8, 4) is 28.5 Å². The summed E-state index contributed by atoms with van der Waals surface area (Å²) in [5.41, 5.74) is 3.41. The van der Waals surface area contributed by atoms with Gasteiger partial charge >= 0.3 is 6.18 Å². The molecule has 0 radical (unpaired) electrons. The van der Waals surface area contributed by atoms with E-state index in [-0.39, 0.29) is 19.0 Å². The van der Waals surface area contributed by atoms with Gasteiger partial charge in [-0.2, -0.15) is 13.2 Å². The highest BCUT2D eigenvalue weighted by molar-refractivity contribution is 6.31. The number of aryl methyl sites for hydroxylation is 1. The molecule has 1 aromatic carbocycles. The predicted molar refractivity (Wildman–Crippen MR) is 103 cm³/mol. The molecule has 1 aliphatic heterocycles. The number of halogens is 4. The van der Waals surface area contributed by atoms with Gasteiger partial charge in [0.25, 0.3) is 0 Å². The molecule has 0 aliphatic carbocycles. The molecule has 0 spiro atoms. The molecule has 0 bridgehead atoms. The van der Waals surface area contributed by atoms with Gasteiger partial charge in [0, 0.05) is 16.7 Å². The average molecular weight is 451 g/mol. The van der Waals surface area contributed by atoms with Crippen LogP contribution in [-0.2, 0) is 17.9 Å². The molecule has 5 rings (SSSR count). The first-order valence-corrected chi connectivity index (χ1v) is 9.55. The Kier molecular flexibility index (Phi) is 4.59. The van der Waals surface area contributed by atoms with E-state index in [1.807, 2.05) is 10.6 Å². The largest absolute Gasteiger partial charge is 0.411 e. The standard InChI is InChI=1S/C19H14ClF3N6O2/c1-10-4-15(31-27-10)17-14-6-28-16(7-30-8-19(21,22)23)25-26-18(28)12-5-11(20)2-3-13(12)29(14)9-24-17/h2-5,9H,6-8H2,1H3. The van der Waals surface area contributed by atoms with Gasteiger partial charge in [-0.15, -0.1) is 10.2 Å². The number of rotatable bonds is 4. The van der Waals surface area contributed by atoms with E-state index < -0.39 is 12.8 Å². The minimum Gasteiger partial charge on any atom is -0.364 e. The van der Waals surface area contributed by atoms with Crippen molar-refractivity contribution in [3.63, 3.8) is 0 Å². The number of alkyl halides is 3. The summed E-state index contributed by atoms with van der Waals surface area (Å²) >= 11 is 6.21. The maximum Gasteiger partial charge on any atom is 0.411 e. The first-order chi connectivity index (χ1) is 14.8. The van der Waals surface area contributed by atoms with E-state index in [1.165, 1.54) is 0 Å². The molecule has 31 heavy (non-hydrogen) atoms. The lowest BCUT2D eigenvalue weighted by molar-refractivity contribution is -0.177. The van der Waals surface area contributed by atoms with Crippen LogP contribution in [0.25, 0.3) is 28.5 Å². The summed E-state index contributed by atoms with van der Waals surface area (Å²) in [6, 6.07) is 7.05. The molecule has 4 heterocycles. The molecule has 0 atom stereocenters. The number of hydrogen-bond acceptors (Lipinski definition) is 6. The van der Waals surface area contributed by atoms with Crippen molar-refractivity contribution in [2.24, 2.45) is 0 Å². The Hall–Kier alpha value is -3.18. The topological polar surface area (TPSA) is 83.8 Å². The Balaban J connectivity index is 1.63. The summed E-state index contributed by atoms with van der Waals surface area (Å²) in [7, 11) is 0. The Morgan fingerprint density at radius 3 is 2.81 bits per heavy atom. The van der Waals surface area contributed by atoms with Crippen LogP contribution in [0, 0.1) is 6.92 Å². The van der Waals surface area contributed by atoms with Gasteiger partial charge in [-0.25, -0.2) is 4.98 Å². The van der Waals surface area contributed by atoms with Crippen molar-refractivity contribution in [2.45, 2.75) is 26.3 Å². The van der Waals surface area contributed by atoms with Gasteiger partial charge in [0.1, 0.15) is 25.2 Å². The van der Waals surface area contributed by atoms with Crippen LogP contribution in [0.1, 0.15) is 17.2 Å². The van der Waals surface area contributed by atoms with Crippen LogP contribution in [-0.4, -0.2) is 42.3 Å². The summed E-state index contributed by atoms with van der Waals surface area (Å²) in [6.45, 7) is 0.299. The van der Waals surface area contributed by atoms with Crippen LogP contribution in [0.5, 0.6) is 0 Å². The van der Waals surface area contributed by atoms with Crippen LogP contribution in [0.2, 0.25) is 5.02 Å². The number of hydrogen-bond donors (Lipinski definition) is 0. The van der Waals surface area contributed by atoms with E-state index >= 15 is 0 Å². The molecule has 0 saturated heterocycles. The second-order valence-electron chi connectivity index (χ2n) is 7.04. The molecule has 0 saturated carbocycles. The van der Waals surface area contributed by atoms with Crippen LogP contribution in [0.4, 0.5) is 13.2 Å². The molecule has 3 aromatic heterocycles. The van der Waals surface area contributed by atoms with E-state index in [2.05, 4.69) is 20.3 Å². The normalized spacial score (nSPS) is 12.9. The Morgan fingerprint density at radius 2 is 2.06 bits per heavy atom. The van der Waals surface area contributed by atoms with Crippen molar-refractivity contribution < 1.29 is 22.4 Å². The Bertz CT molecular complexity index is 1280. The van der Waals surface area contributed by atoms with Crippen molar-refractivity contribution in [2.75, 3.05) is 6.61 Å². The molecule has 0 N–H and O–H groups in total. The second-order valence-corrected chi connectivity index (χ2v) is 7.47. The van der Waals surface area contributed by atoms with Gasteiger partial charge in [0.15, 0.2) is 17.4 Å². The molecular weight excluding hydrogens is 437 g/mol. The first kappa shape index (κ1) is 19.8. The molecule has 1 aliphatic rings. The van der Waals surface area contributed by atoms with Crippen molar-refractivity contribution >= 4 is 11.6 Å². The smallest absolute Gasteiger partial charge is 0.364 e. The molecule has 0 amide bonds. The van der Waals surface area contributed by atoms with Gasteiger partial charge < -0.3 is 13.8 Å². The minimum absolute atomic E-state index is 0.231. The van der Waals surface area contributed by atoms with Gasteiger partial charge in [-0.05, 0) is 25.1 Å². The number of imidazole rings is 1. The molecule has 8 nitrogen and oxygen atoms in total. The summed E-state index contributed by atoms with van der Waals surface area (Å²) in [6.07, 6.45) is -2.79. The molecular formula is C19H14ClF3N6O2. The van der Waals surface area contributed by atoms with E-state index in [0.717, 1.165) is 11.4 Å². The maximum absolute atomic E-state index is 12.5. The lowest BCUT2D eigenvalue weighted by atomic mass is 10.1. The third-order valence-electron chi connectivity index (χ3n) is 4.82. The van der Waals surface area contributed by atoms with Gasteiger partial charge in [-0.1, -0.05) is 16.8 Å². The number of benzene rings is 1. The highest BCUT2D eigenvalue weighted by Gasteiger charge is 2.30. The fourth-order valence-electron chi connectivity index (χ4n) is 3.53. The monoisotopic (exact) mass is 450 g/mol. The average Bonchev–Trinajstić information content (AvgIpc) is 3.39. The Labute approximate surface area is 178 Å². The van der Waals surface area contributed by atoms with Crippen molar-refractivity contribution in [1.29, 1.82) is 0 Å².